The van der Waals surface area contributed by atoms with E-state index in [1.54, 1.807) is 59.7 Å². The van der Waals surface area contributed by atoms with Gasteiger partial charge in [0.05, 0.1) is 11.5 Å². The first kappa shape index (κ1) is 21.6. The van der Waals surface area contributed by atoms with Gasteiger partial charge in [0.25, 0.3) is 0 Å². The Hall–Kier alpha value is -3.09. The lowest BCUT2D eigenvalue weighted by molar-refractivity contribution is -0.189. The molecule has 0 saturated heterocycles. The Kier molecular flexibility index (Phi) is 5.74. The molecule has 2 atom stereocenters. The first-order chi connectivity index (χ1) is 14.0. The van der Waals surface area contributed by atoms with E-state index in [9.17, 15) is 14.4 Å². The number of ether oxygens (including phenoxy) is 3. The minimum atomic E-state index is -1.01. The molecule has 0 fully saturated rings. The Balaban J connectivity index is 2.21. The van der Waals surface area contributed by atoms with Gasteiger partial charge in [-0.3, -0.25) is 4.79 Å². The Morgan fingerprint density at radius 3 is 2.40 bits per heavy atom. The van der Waals surface area contributed by atoms with Crippen LogP contribution in [0.25, 0.3) is 11.0 Å². The average Bonchev–Trinajstić information content (AvgIpc) is 2.62. The molecule has 2 unspecified atom stereocenters. The highest BCUT2D eigenvalue weighted by Gasteiger charge is 2.50. The Morgan fingerprint density at radius 2 is 1.77 bits per heavy atom. The van der Waals surface area contributed by atoms with E-state index in [0.29, 0.717) is 16.7 Å². The van der Waals surface area contributed by atoms with Crippen LogP contribution in [0.5, 0.6) is 5.75 Å². The maximum atomic E-state index is 12.5. The lowest BCUT2D eigenvalue weighted by Gasteiger charge is -2.43. The first-order valence-corrected chi connectivity index (χ1v) is 9.81. The van der Waals surface area contributed by atoms with Crippen LogP contribution in [0.4, 0.5) is 0 Å². The molecule has 0 aliphatic carbocycles. The summed E-state index contributed by atoms with van der Waals surface area (Å²) in [7, 11) is 0. The summed E-state index contributed by atoms with van der Waals surface area (Å²) in [5, 5.41) is 0.636. The van der Waals surface area contributed by atoms with Crippen molar-refractivity contribution in [1.82, 2.24) is 0 Å². The van der Waals surface area contributed by atoms with Gasteiger partial charge in [-0.2, -0.15) is 0 Å². The molecule has 0 saturated carbocycles. The standard InChI is InChI=1S/C23H26O7/c1-12(2)11-17(25)28-21-20(29-22(26)13(3)4)18-15(30-23(21,5)6)9-7-14-8-10-16(24)27-19(14)18/h7-11,13,20-21H,1-6H3. The monoisotopic (exact) mass is 414 g/mol. The van der Waals surface area contributed by atoms with Gasteiger partial charge in [0.1, 0.15) is 16.9 Å². The van der Waals surface area contributed by atoms with E-state index in [4.69, 9.17) is 18.6 Å². The predicted molar refractivity (Wildman–Crippen MR) is 110 cm³/mol. The molecule has 0 bridgehead atoms. The van der Waals surface area contributed by atoms with Gasteiger partial charge in [0, 0.05) is 17.5 Å². The molecule has 2 heterocycles. The summed E-state index contributed by atoms with van der Waals surface area (Å²) in [6, 6.07) is 6.41. The minimum Gasteiger partial charge on any atom is -0.483 e. The Labute approximate surface area is 174 Å². The molecule has 30 heavy (non-hydrogen) atoms. The molecule has 7 nitrogen and oxygen atoms in total. The van der Waals surface area contributed by atoms with E-state index in [0.717, 1.165) is 5.57 Å². The summed E-state index contributed by atoms with van der Waals surface area (Å²) in [5.41, 5.74) is -0.188. The van der Waals surface area contributed by atoms with Crippen molar-refractivity contribution in [1.29, 1.82) is 0 Å². The number of carbonyl (C=O) groups is 2. The maximum absolute atomic E-state index is 12.5. The second-order valence-corrected chi connectivity index (χ2v) is 8.45. The number of rotatable bonds is 4. The van der Waals surface area contributed by atoms with Gasteiger partial charge >= 0.3 is 17.6 Å². The fraction of sp³-hybridized carbons (Fsp3) is 0.435. The zero-order valence-electron chi connectivity index (χ0n) is 18.0. The number of hydrogen-bond acceptors (Lipinski definition) is 7. The third kappa shape index (κ3) is 4.25. The van der Waals surface area contributed by atoms with Crippen LogP contribution in [0.1, 0.15) is 53.2 Å². The van der Waals surface area contributed by atoms with Gasteiger partial charge in [-0.1, -0.05) is 19.4 Å². The minimum absolute atomic E-state index is 0.236. The van der Waals surface area contributed by atoms with Crippen molar-refractivity contribution in [2.24, 2.45) is 5.92 Å². The van der Waals surface area contributed by atoms with Crippen LogP contribution >= 0.6 is 0 Å². The molecule has 1 aliphatic rings. The van der Waals surface area contributed by atoms with Crippen LogP contribution in [0.3, 0.4) is 0 Å². The normalized spacial score (nSPS) is 19.6. The molecule has 160 valence electrons. The third-order valence-corrected chi connectivity index (χ3v) is 4.77. The summed E-state index contributed by atoms with van der Waals surface area (Å²) in [6.07, 6.45) is -0.620. The van der Waals surface area contributed by atoms with Crippen LogP contribution in [-0.2, 0) is 19.1 Å². The van der Waals surface area contributed by atoms with Gasteiger partial charge in [0.15, 0.2) is 12.2 Å². The Morgan fingerprint density at radius 1 is 1.10 bits per heavy atom. The van der Waals surface area contributed by atoms with Crippen LogP contribution in [0.15, 0.2) is 45.1 Å². The van der Waals surface area contributed by atoms with Crippen LogP contribution in [0.2, 0.25) is 0 Å². The quantitative estimate of drug-likeness (QED) is 0.423. The molecule has 0 amide bonds. The molecule has 0 spiro atoms. The topological polar surface area (TPSA) is 92.0 Å². The summed E-state index contributed by atoms with van der Waals surface area (Å²) in [6.45, 7) is 10.5. The van der Waals surface area contributed by atoms with Crippen LogP contribution in [0, 0.1) is 5.92 Å². The number of esters is 2. The van der Waals surface area contributed by atoms with E-state index < -0.39 is 41.3 Å². The van der Waals surface area contributed by atoms with E-state index in [2.05, 4.69) is 0 Å². The first-order valence-electron chi connectivity index (χ1n) is 9.81. The van der Waals surface area contributed by atoms with E-state index in [-0.39, 0.29) is 5.58 Å². The zero-order chi connectivity index (χ0) is 22.2. The fourth-order valence-corrected chi connectivity index (χ4v) is 3.33. The second kappa shape index (κ2) is 7.97. The van der Waals surface area contributed by atoms with Gasteiger partial charge in [-0.25, -0.2) is 9.59 Å². The number of carbonyl (C=O) groups excluding carboxylic acids is 2. The van der Waals surface area contributed by atoms with Crippen molar-refractivity contribution in [3.63, 3.8) is 0 Å². The number of hydrogen-bond donors (Lipinski definition) is 0. The van der Waals surface area contributed by atoms with Crippen molar-refractivity contribution in [2.75, 3.05) is 0 Å². The number of benzene rings is 1. The van der Waals surface area contributed by atoms with Gasteiger partial charge in [-0.15, -0.1) is 0 Å². The van der Waals surface area contributed by atoms with Crippen molar-refractivity contribution in [3.05, 3.63) is 51.9 Å². The smallest absolute Gasteiger partial charge is 0.336 e. The van der Waals surface area contributed by atoms with Crippen molar-refractivity contribution in [2.45, 2.75) is 59.4 Å². The third-order valence-electron chi connectivity index (χ3n) is 4.77. The largest absolute Gasteiger partial charge is 0.483 e. The maximum Gasteiger partial charge on any atom is 0.336 e. The molecule has 3 rings (SSSR count). The van der Waals surface area contributed by atoms with E-state index in [1.165, 1.54) is 12.1 Å². The average molecular weight is 414 g/mol. The van der Waals surface area contributed by atoms with Gasteiger partial charge < -0.3 is 18.6 Å². The molecule has 0 radical (unpaired) electrons. The van der Waals surface area contributed by atoms with Crippen LogP contribution < -0.4 is 10.4 Å². The lowest BCUT2D eigenvalue weighted by atomic mass is 9.87. The SMILES string of the molecule is CC(C)=CC(=O)OC1C(OC(=O)C(C)C)c2c(ccc3ccc(=O)oc23)OC1(C)C. The highest BCUT2D eigenvalue weighted by atomic mass is 16.6. The molecule has 7 heteroatoms. The summed E-state index contributed by atoms with van der Waals surface area (Å²) in [5.74, 6) is -1.05. The second-order valence-electron chi connectivity index (χ2n) is 8.45. The summed E-state index contributed by atoms with van der Waals surface area (Å²) < 4.78 is 23.1. The van der Waals surface area contributed by atoms with E-state index in [1.807, 2.05) is 0 Å². The highest BCUT2D eigenvalue weighted by molar-refractivity contribution is 5.85. The van der Waals surface area contributed by atoms with Gasteiger partial charge in [-0.05, 0) is 45.9 Å². The molecular weight excluding hydrogens is 388 g/mol. The molecule has 0 N–H and O–H groups in total. The summed E-state index contributed by atoms with van der Waals surface area (Å²) in [4.78, 5) is 36.9. The summed E-state index contributed by atoms with van der Waals surface area (Å²) >= 11 is 0. The molecule has 1 aromatic carbocycles. The van der Waals surface area contributed by atoms with Crippen molar-refractivity contribution >= 4 is 22.9 Å². The molecule has 1 aromatic heterocycles. The van der Waals surface area contributed by atoms with E-state index >= 15 is 0 Å². The molecule has 2 aromatic rings. The fourth-order valence-electron chi connectivity index (χ4n) is 3.33. The van der Waals surface area contributed by atoms with Crippen molar-refractivity contribution in [3.8, 4) is 5.75 Å². The predicted octanol–water partition coefficient (Wildman–Crippen LogP) is 4.08. The van der Waals surface area contributed by atoms with Gasteiger partial charge in [0.2, 0.25) is 0 Å². The van der Waals surface area contributed by atoms with Crippen LogP contribution in [-0.4, -0.2) is 23.6 Å². The van der Waals surface area contributed by atoms with Crippen molar-refractivity contribution < 1.29 is 28.2 Å². The Bertz CT molecular complexity index is 1070. The molecule has 1 aliphatic heterocycles. The molecular formula is C23H26O7. The number of fused-ring (bicyclic) bond motifs is 3. The lowest BCUT2D eigenvalue weighted by Crippen LogP contribution is -2.52. The highest BCUT2D eigenvalue weighted by Crippen LogP contribution is 2.46. The zero-order valence-corrected chi connectivity index (χ0v) is 18.0. The number of allylic oxidation sites excluding steroid dienone is 1.